The molecule has 0 amide bonds. The Balaban J connectivity index is 2.06. The van der Waals surface area contributed by atoms with Crippen LogP contribution >= 0.6 is 0 Å². The Hall–Kier alpha value is -3.09. The zero-order valence-electron chi connectivity index (χ0n) is 13.7. The minimum absolute atomic E-state index is 0.0236. The van der Waals surface area contributed by atoms with Crippen molar-refractivity contribution in [1.82, 2.24) is 14.8 Å². The van der Waals surface area contributed by atoms with E-state index in [-0.39, 0.29) is 11.4 Å². The molecule has 0 saturated heterocycles. The van der Waals surface area contributed by atoms with E-state index in [2.05, 4.69) is 14.8 Å². The molecule has 0 fully saturated rings. The minimum Gasteiger partial charge on any atom is -0.465 e. The van der Waals surface area contributed by atoms with Crippen molar-refractivity contribution in [3.63, 3.8) is 0 Å². The highest BCUT2D eigenvalue weighted by Gasteiger charge is 2.19. The molecule has 7 heteroatoms. The Bertz CT molecular complexity index is 900. The predicted octanol–water partition coefficient (Wildman–Crippen LogP) is 3.70. The average molecular weight is 343 g/mol. The van der Waals surface area contributed by atoms with Crippen molar-refractivity contribution in [3.8, 4) is 22.8 Å². The number of nitrogens with zero attached hydrogens (tertiary/aromatic N) is 3. The van der Waals surface area contributed by atoms with Gasteiger partial charge in [-0.15, -0.1) is 0 Å². The van der Waals surface area contributed by atoms with Gasteiger partial charge in [-0.1, -0.05) is 18.2 Å². The number of methoxy groups -OCH3 is 1. The molecule has 3 rings (SSSR count). The first-order valence-corrected chi connectivity index (χ1v) is 7.63. The van der Waals surface area contributed by atoms with Gasteiger partial charge in [0, 0.05) is 12.1 Å². The molecule has 1 aromatic heterocycles. The van der Waals surface area contributed by atoms with Crippen LogP contribution < -0.4 is 0 Å². The summed E-state index contributed by atoms with van der Waals surface area (Å²) in [5.74, 6) is -1.46. The smallest absolute Gasteiger partial charge is 0.337 e. The summed E-state index contributed by atoms with van der Waals surface area (Å²) in [5, 5.41) is 4.20. The average Bonchev–Trinajstić information content (AvgIpc) is 3.05. The van der Waals surface area contributed by atoms with Crippen LogP contribution in [0, 0.1) is 11.6 Å². The number of carbonyl (C=O) groups excluding carboxylic acids is 1. The van der Waals surface area contributed by atoms with Gasteiger partial charge in [-0.25, -0.2) is 23.2 Å². The standard InChI is InChI=1S/C18H15F2N3O2/c1-3-23-17(11-7-9-12(10-8-11)18(24)25-2)21-16(22-23)15-13(19)5-4-6-14(15)20/h4-10H,3H2,1-2H3. The normalized spacial score (nSPS) is 10.7. The van der Waals surface area contributed by atoms with Crippen LogP contribution in [0.2, 0.25) is 0 Å². The van der Waals surface area contributed by atoms with Crippen LogP contribution in [0.5, 0.6) is 0 Å². The number of esters is 1. The second-order valence-corrected chi connectivity index (χ2v) is 5.24. The van der Waals surface area contributed by atoms with E-state index in [1.807, 2.05) is 6.92 Å². The molecule has 3 aromatic rings. The molecule has 0 bridgehead atoms. The Labute approximate surface area is 142 Å². The molecule has 1 heterocycles. The number of hydrogen-bond donors (Lipinski definition) is 0. The molecule has 25 heavy (non-hydrogen) atoms. The van der Waals surface area contributed by atoms with Gasteiger partial charge in [0.2, 0.25) is 0 Å². The lowest BCUT2D eigenvalue weighted by molar-refractivity contribution is 0.0600. The molecule has 0 aliphatic rings. The molecule has 5 nitrogen and oxygen atoms in total. The lowest BCUT2D eigenvalue weighted by atomic mass is 10.1. The third-order valence-electron chi connectivity index (χ3n) is 3.72. The summed E-state index contributed by atoms with van der Waals surface area (Å²) < 4.78 is 34.2. The fourth-order valence-corrected chi connectivity index (χ4v) is 2.47. The summed E-state index contributed by atoms with van der Waals surface area (Å²) in [6, 6.07) is 10.2. The van der Waals surface area contributed by atoms with Gasteiger partial charge in [-0.3, -0.25) is 0 Å². The van der Waals surface area contributed by atoms with E-state index in [0.29, 0.717) is 23.5 Å². The van der Waals surface area contributed by atoms with E-state index in [0.717, 1.165) is 12.1 Å². The number of hydrogen-bond acceptors (Lipinski definition) is 4. The molecule has 0 atom stereocenters. The molecule has 0 aliphatic carbocycles. The first-order valence-electron chi connectivity index (χ1n) is 7.63. The van der Waals surface area contributed by atoms with E-state index in [1.54, 1.807) is 28.9 Å². The summed E-state index contributed by atoms with van der Waals surface area (Å²) in [6.45, 7) is 2.32. The largest absolute Gasteiger partial charge is 0.465 e. The van der Waals surface area contributed by atoms with E-state index in [4.69, 9.17) is 0 Å². The van der Waals surface area contributed by atoms with E-state index in [9.17, 15) is 13.6 Å². The maximum Gasteiger partial charge on any atom is 0.337 e. The van der Waals surface area contributed by atoms with Gasteiger partial charge in [0.15, 0.2) is 11.6 Å². The van der Waals surface area contributed by atoms with Gasteiger partial charge in [-0.05, 0) is 31.2 Å². The molecular weight excluding hydrogens is 328 g/mol. The van der Waals surface area contributed by atoms with Crippen LogP contribution in [0.1, 0.15) is 17.3 Å². The van der Waals surface area contributed by atoms with Crippen LogP contribution in [0.15, 0.2) is 42.5 Å². The molecule has 0 aliphatic heterocycles. The molecule has 128 valence electrons. The first kappa shape index (κ1) is 16.8. The van der Waals surface area contributed by atoms with E-state index in [1.165, 1.54) is 13.2 Å². The number of halogens is 2. The van der Waals surface area contributed by atoms with Crippen molar-refractivity contribution in [2.75, 3.05) is 7.11 Å². The van der Waals surface area contributed by atoms with Crippen molar-refractivity contribution in [2.24, 2.45) is 0 Å². The third-order valence-corrected chi connectivity index (χ3v) is 3.72. The summed E-state index contributed by atoms with van der Waals surface area (Å²) in [5.41, 5.74) is 0.807. The van der Waals surface area contributed by atoms with E-state index >= 15 is 0 Å². The molecule has 0 spiro atoms. The Morgan fingerprint density at radius 1 is 1.12 bits per heavy atom. The number of carbonyl (C=O) groups is 1. The van der Waals surface area contributed by atoms with Crippen LogP contribution in [0.4, 0.5) is 8.78 Å². The van der Waals surface area contributed by atoms with Gasteiger partial charge in [0.05, 0.1) is 18.2 Å². The maximum atomic E-state index is 14.0. The predicted molar refractivity (Wildman–Crippen MR) is 87.8 cm³/mol. The zero-order chi connectivity index (χ0) is 18.0. The number of aryl methyl sites for hydroxylation is 1. The second-order valence-electron chi connectivity index (χ2n) is 5.24. The van der Waals surface area contributed by atoms with Crippen LogP contribution in [0.3, 0.4) is 0 Å². The molecule has 2 aromatic carbocycles. The highest BCUT2D eigenvalue weighted by Crippen LogP contribution is 2.26. The van der Waals surface area contributed by atoms with Crippen LogP contribution in [-0.4, -0.2) is 27.8 Å². The van der Waals surface area contributed by atoms with Crippen molar-refractivity contribution in [2.45, 2.75) is 13.5 Å². The van der Waals surface area contributed by atoms with Crippen molar-refractivity contribution < 1.29 is 18.3 Å². The first-order chi connectivity index (χ1) is 12.0. The molecule has 0 saturated carbocycles. The summed E-state index contributed by atoms with van der Waals surface area (Å²) in [4.78, 5) is 15.8. The highest BCUT2D eigenvalue weighted by molar-refractivity contribution is 5.89. The van der Waals surface area contributed by atoms with Crippen molar-refractivity contribution in [3.05, 3.63) is 59.7 Å². The van der Waals surface area contributed by atoms with Crippen molar-refractivity contribution in [1.29, 1.82) is 0 Å². The SMILES string of the molecule is CCn1nc(-c2c(F)cccc2F)nc1-c1ccc(C(=O)OC)cc1. The summed E-state index contributed by atoms with van der Waals surface area (Å²) >= 11 is 0. The zero-order valence-corrected chi connectivity index (χ0v) is 13.7. The Kier molecular flexibility index (Phi) is 4.56. The van der Waals surface area contributed by atoms with Crippen LogP contribution in [0.25, 0.3) is 22.8 Å². The molecular formula is C18H15F2N3O2. The number of benzene rings is 2. The lowest BCUT2D eigenvalue weighted by Gasteiger charge is -2.04. The monoisotopic (exact) mass is 343 g/mol. The maximum absolute atomic E-state index is 14.0. The lowest BCUT2D eigenvalue weighted by Crippen LogP contribution is -2.02. The number of aromatic nitrogens is 3. The molecule has 0 radical (unpaired) electrons. The molecule has 0 unspecified atom stereocenters. The topological polar surface area (TPSA) is 57.0 Å². The fourth-order valence-electron chi connectivity index (χ4n) is 2.47. The van der Waals surface area contributed by atoms with Gasteiger partial charge >= 0.3 is 5.97 Å². The Morgan fingerprint density at radius 3 is 2.32 bits per heavy atom. The summed E-state index contributed by atoms with van der Waals surface area (Å²) in [7, 11) is 1.30. The second kappa shape index (κ2) is 6.80. The van der Waals surface area contributed by atoms with Gasteiger partial charge in [0.1, 0.15) is 11.6 Å². The summed E-state index contributed by atoms with van der Waals surface area (Å²) in [6.07, 6.45) is 0. The van der Waals surface area contributed by atoms with Gasteiger partial charge in [0.25, 0.3) is 0 Å². The highest BCUT2D eigenvalue weighted by atomic mass is 19.1. The quantitative estimate of drug-likeness (QED) is 0.678. The number of ether oxygens (including phenoxy) is 1. The fraction of sp³-hybridized carbons (Fsp3) is 0.167. The number of rotatable bonds is 4. The third kappa shape index (κ3) is 3.13. The van der Waals surface area contributed by atoms with Gasteiger partial charge < -0.3 is 4.74 Å². The minimum atomic E-state index is -0.721. The van der Waals surface area contributed by atoms with Crippen molar-refractivity contribution >= 4 is 5.97 Å². The molecule has 0 N–H and O–H groups in total. The Morgan fingerprint density at radius 2 is 1.76 bits per heavy atom. The van der Waals surface area contributed by atoms with Gasteiger partial charge in [-0.2, -0.15) is 5.10 Å². The van der Waals surface area contributed by atoms with Crippen LogP contribution in [-0.2, 0) is 11.3 Å². The van der Waals surface area contributed by atoms with E-state index < -0.39 is 17.6 Å².